The molecule has 0 aliphatic heterocycles. The largest absolute Gasteiger partial charge is 0.493 e. The first-order valence-electron chi connectivity index (χ1n) is 6.92. The third kappa shape index (κ3) is 5.13. The van der Waals surface area contributed by atoms with Crippen LogP contribution in [-0.4, -0.2) is 31.0 Å². The van der Waals surface area contributed by atoms with Gasteiger partial charge in [-0.05, 0) is 25.8 Å². The van der Waals surface area contributed by atoms with Crippen molar-refractivity contribution in [2.45, 2.75) is 45.4 Å². The Balaban J connectivity index is 2.91. The number of nitrogens with one attached hydrogen (secondary N) is 1. The summed E-state index contributed by atoms with van der Waals surface area (Å²) in [5.41, 5.74) is 0.326. The number of aliphatic hydroxyl groups excluding tert-OH is 1. The van der Waals surface area contributed by atoms with E-state index in [1.54, 1.807) is 18.2 Å². The average molecular weight is 303 g/mol. The zero-order valence-electron chi connectivity index (χ0n) is 12.7. The number of para-hydroxylation sites is 1. The van der Waals surface area contributed by atoms with Crippen LogP contribution in [0.25, 0.3) is 0 Å². The van der Waals surface area contributed by atoms with Crippen molar-refractivity contribution in [2.24, 2.45) is 0 Å². The molecule has 4 nitrogen and oxygen atoms in total. The van der Waals surface area contributed by atoms with E-state index < -0.39 is 6.61 Å². The van der Waals surface area contributed by atoms with Crippen LogP contribution in [0.4, 0.5) is 8.78 Å². The van der Waals surface area contributed by atoms with E-state index in [9.17, 15) is 8.78 Å². The zero-order valence-corrected chi connectivity index (χ0v) is 12.7. The molecule has 0 saturated heterocycles. The molecule has 1 aromatic rings. The van der Waals surface area contributed by atoms with Crippen molar-refractivity contribution in [1.29, 1.82) is 0 Å². The smallest absolute Gasteiger partial charge is 0.387 e. The van der Waals surface area contributed by atoms with Gasteiger partial charge in [0.25, 0.3) is 0 Å². The van der Waals surface area contributed by atoms with Crippen LogP contribution in [0.1, 0.15) is 32.3 Å². The van der Waals surface area contributed by atoms with Crippen LogP contribution in [0, 0.1) is 0 Å². The van der Waals surface area contributed by atoms with E-state index in [0.29, 0.717) is 18.5 Å². The summed E-state index contributed by atoms with van der Waals surface area (Å²) in [6.45, 7) is 1.50. The number of alkyl halides is 2. The number of hydrogen-bond donors (Lipinski definition) is 2. The highest BCUT2D eigenvalue weighted by Crippen LogP contribution is 2.32. The molecule has 1 unspecified atom stereocenters. The SMILES string of the molecule is CCC(C)(CCO)NCc1cccc(OC)c1OC(F)F. The first-order chi connectivity index (χ1) is 9.95. The molecule has 6 heteroatoms. The van der Waals surface area contributed by atoms with Gasteiger partial charge in [-0.3, -0.25) is 0 Å². The third-order valence-corrected chi connectivity index (χ3v) is 3.64. The highest BCUT2D eigenvalue weighted by atomic mass is 19.3. The minimum Gasteiger partial charge on any atom is -0.493 e. The van der Waals surface area contributed by atoms with Crippen LogP contribution in [-0.2, 0) is 6.54 Å². The van der Waals surface area contributed by atoms with E-state index >= 15 is 0 Å². The zero-order chi connectivity index (χ0) is 15.9. The van der Waals surface area contributed by atoms with Crippen molar-refractivity contribution in [3.63, 3.8) is 0 Å². The molecule has 120 valence electrons. The summed E-state index contributed by atoms with van der Waals surface area (Å²) in [4.78, 5) is 0. The summed E-state index contributed by atoms with van der Waals surface area (Å²) < 4.78 is 34.7. The summed E-state index contributed by atoms with van der Waals surface area (Å²) in [5, 5.41) is 12.4. The van der Waals surface area contributed by atoms with Crippen molar-refractivity contribution in [3.05, 3.63) is 23.8 Å². The van der Waals surface area contributed by atoms with E-state index in [2.05, 4.69) is 10.1 Å². The van der Waals surface area contributed by atoms with Gasteiger partial charge in [-0.15, -0.1) is 0 Å². The van der Waals surface area contributed by atoms with Crippen molar-refractivity contribution in [1.82, 2.24) is 5.32 Å². The standard InChI is InChI=1S/C15H23F2NO3/c1-4-15(2,8-9-19)18-10-11-6-5-7-12(20-3)13(11)21-14(16)17/h5-7,14,18-19H,4,8-10H2,1-3H3. The number of rotatable bonds is 9. The maximum absolute atomic E-state index is 12.5. The molecular weight excluding hydrogens is 280 g/mol. The lowest BCUT2D eigenvalue weighted by Crippen LogP contribution is -2.42. The van der Waals surface area contributed by atoms with Gasteiger partial charge in [-0.1, -0.05) is 19.1 Å². The van der Waals surface area contributed by atoms with Crippen molar-refractivity contribution < 1.29 is 23.4 Å². The monoisotopic (exact) mass is 303 g/mol. The van der Waals surface area contributed by atoms with Crippen LogP contribution < -0.4 is 14.8 Å². The number of aliphatic hydroxyl groups is 1. The maximum Gasteiger partial charge on any atom is 0.387 e. The topological polar surface area (TPSA) is 50.7 Å². The fourth-order valence-corrected chi connectivity index (χ4v) is 2.03. The van der Waals surface area contributed by atoms with Crippen molar-refractivity contribution in [2.75, 3.05) is 13.7 Å². The van der Waals surface area contributed by atoms with E-state index in [-0.39, 0.29) is 23.6 Å². The first kappa shape index (κ1) is 17.7. The number of methoxy groups -OCH3 is 1. The number of benzene rings is 1. The summed E-state index contributed by atoms with van der Waals surface area (Å²) in [6.07, 6.45) is 1.39. The Kier molecular flexibility index (Phi) is 6.84. The molecule has 0 radical (unpaired) electrons. The number of hydrogen-bond acceptors (Lipinski definition) is 4. The highest BCUT2D eigenvalue weighted by Gasteiger charge is 2.22. The maximum atomic E-state index is 12.5. The van der Waals surface area contributed by atoms with Crippen molar-refractivity contribution in [3.8, 4) is 11.5 Å². The van der Waals surface area contributed by atoms with Gasteiger partial charge in [0, 0.05) is 24.3 Å². The molecule has 0 aliphatic rings. The summed E-state index contributed by atoms with van der Waals surface area (Å²) in [5.74, 6) is 0.319. The van der Waals surface area contributed by atoms with E-state index in [1.165, 1.54) is 7.11 Å². The van der Waals surface area contributed by atoms with E-state index in [4.69, 9.17) is 9.84 Å². The molecule has 0 aromatic heterocycles. The van der Waals surface area contributed by atoms with Gasteiger partial charge in [0.05, 0.1) is 7.11 Å². The molecule has 0 aliphatic carbocycles. The molecule has 0 bridgehead atoms. The Morgan fingerprint density at radius 3 is 2.62 bits per heavy atom. The minimum absolute atomic E-state index is 0.0463. The molecule has 0 saturated carbocycles. The lowest BCUT2D eigenvalue weighted by atomic mass is 9.94. The molecule has 0 spiro atoms. The lowest BCUT2D eigenvalue weighted by molar-refractivity contribution is -0.0519. The molecule has 1 rings (SSSR count). The van der Waals surface area contributed by atoms with Gasteiger partial charge in [0.2, 0.25) is 0 Å². The summed E-state index contributed by atoms with van der Waals surface area (Å²) >= 11 is 0. The molecule has 1 atom stereocenters. The fraction of sp³-hybridized carbons (Fsp3) is 0.600. The molecular formula is C15H23F2NO3. The van der Waals surface area contributed by atoms with E-state index in [1.807, 2.05) is 13.8 Å². The fourth-order valence-electron chi connectivity index (χ4n) is 2.03. The molecule has 1 aromatic carbocycles. The predicted molar refractivity (Wildman–Crippen MR) is 76.9 cm³/mol. The molecule has 0 fully saturated rings. The van der Waals surface area contributed by atoms with Gasteiger partial charge in [-0.25, -0.2) is 0 Å². The summed E-state index contributed by atoms with van der Waals surface area (Å²) in [6, 6.07) is 5.01. The average Bonchev–Trinajstić information content (AvgIpc) is 2.46. The minimum atomic E-state index is -2.91. The Morgan fingerprint density at radius 1 is 1.38 bits per heavy atom. The Labute approximate surface area is 124 Å². The molecule has 0 heterocycles. The second-order valence-corrected chi connectivity index (χ2v) is 5.07. The Bertz CT molecular complexity index is 443. The third-order valence-electron chi connectivity index (χ3n) is 3.64. The molecule has 21 heavy (non-hydrogen) atoms. The van der Waals surface area contributed by atoms with Gasteiger partial charge in [-0.2, -0.15) is 8.78 Å². The van der Waals surface area contributed by atoms with Crippen LogP contribution in [0.5, 0.6) is 11.5 Å². The predicted octanol–water partition coefficient (Wildman–Crippen LogP) is 2.94. The van der Waals surface area contributed by atoms with Gasteiger partial charge >= 0.3 is 6.61 Å². The lowest BCUT2D eigenvalue weighted by Gasteiger charge is -2.29. The number of ether oxygens (including phenoxy) is 2. The van der Waals surface area contributed by atoms with Gasteiger partial charge < -0.3 is 19.9 Å². The quantitative estimate of drug-likeness (QED) is 0.736. The van der Waals surface area contributed by atoms with Crippen LogP contribution in [0.15, 0.2) is 18.2 Å². The Hall–Kier alpha value is -1.40. The number of halogens is 2. The normalized spacial score (nSPS) is 14.0. The van der Waals surface area contributed by atoms with Gasteiger partial charge in [0.1, 0.15) is 0 Å². The van der Waals surface area contributed by atoms with Gasteiger partial charge in [0.15, 0.2) is 11.5 Å². The van der Waals surface area contributed by atoms with Crippen LogP contribution in [0.2, 0.25) is 0 Å². The highest BCUT2D eigenvalue weighted by molar-refractivity contribution is 5.46. The van der Waals surface area contributed by atoms with Crippen molar-refractivity contribution >= 4 is 0 Å². The first-order valence-corrected chi connectivity index (χ1v) is 6.92. The second kappa shape index (κ2) is 8.14. The molecule has 2 N–H and O–H groups in total. The molecule has 0 amide bonds. The van der Waals surface area contributed by atoms with Crippen LogP contribution >= 0.6 is 0 Å². The second-order valence-electron chi connectivity index (χ2n) is 5.07. The summed E-state index contributed by atoms with van der Waals surface area (Å²) in [7, 11) is 1.41. The van der Waals surface area contributed by atoms with E-state index in [0.717, 1.165) is 6.42 Å². The van der Waals surface area contributed by atoms with Crippen LogP contribution in [0.3, 0.4) is 0 Å². The Morgan fingerprint density at radius 2 is 2.10 bits per heavy atom.